The number of nitrogens with two attached hydrogens (primary N) is 1. The number of nitrogens with zero attached hydrogens (tertiary/aromatic N) is 4. The predicted octanol–water partition coefficient (Wildman–Crippen LogP) is 0.0952. The van der Waals surface area contributed by atoms with Crippen LogP contribution in [0.1, 0.15) is 13.2 Å². The molecule has 0 radical (unpaired) electrons. The Labute approximate surface area is 203 Å². The van der Waals surface area contributed by atoms with Crippen molar-refractivity contribution in [2.75, 3.05) is 17.8 Å². The van der Waals surface area contributed by atoms with E-state index < -0.39 is 50.9 Å². The number of hydrogen-bond acceptors (Lipinski definition) is 13. The number of carboxylic acid groups (broad SMARTS) is 1. The van der Waals surface area contributed by atoms with Crippen molar-refractivity contribution in [1.82, 2.24) is 24.6 Å². The summed E-state index contributed by atoms with van der Waals surface area (Å²) < 4.78 is 31.2. The number of imidazole rings is 1. The summed E-state index contributed by atoms with van der Waals surface area (Å²) >= 11 is 0. The molecular formula is C19H24N7O9P. The molecule has 36 heavy (non-hydrogen) atoms. The number of benzene rings is 1. The third-order valence-corrected chi connectivity index (χ3v) is 6.90. The lowest BCUT2D eigenvalue weighted by Crippen LogP contribution is -2.36. The van der Waals surface area contributed by atoms with Crippen LogP contribution in [-0.4, -0.2) is 77.0 Å². The summed E-state index contributed by atoms with van der Waals surface area (Å²) in [6.45, 7) is 0.700. The maximum atomic E-state index is 13.3. The number of ether oxygens (including phenoxy) is 1. The molecule has 3 heterocycles. The zero-order valence-corrected chi connectivity index (χ0v) is 19.6. The molecule has 1 unspecified atom stereocenters. The van der Waals surface area contributed by atoms with Crippen molar-refractivity contribution in [3.05, 3.63) is 36.7 Å². The van der Waals surface area contributed by atoms with Crippen molar-refractivity contribution in [3.63, 3.8) is 0 Å². The van der Waals surface area contributed by atoms with Crippen LogP contribution in [-0.2, 0) is 18.6 Å². The molecule has 17 heteroatoms. The molecule has 0 bridgehead atoms. The molecule has 1 fully saturated rings. The molecule has 1 saturated heterocycles. The average Bonchev–Trinajstić information content (AvgIpc) is 3.38. The second-order valence-corrected chi connectivity index (χ2v) is 9.49. The quantitative estimate of drug-likeness (QED) is 0.137. The highest BCUT2D eigenvalue weighted by Crippen LogP contribution is 2.46. The molecule has 1 aliphatic rings. The van der Waals surface area contributed by atoms with Crippen LogP contribution in [0, 0.1) is 0 Å². The van der Waals surface area contributed by atoms with Crippen LogP contribution in [0.2, 0.25) is 0 Å². The molecule has 2 aromatic heterocycles. The largest absolute Gasteiger partial charge is 0.480 e. The van der Waals surface area contributed by atoms with Gasteiger partial charge in [0.1, 0.15) is 30.1 Å². The number of aliphatic carboxylic acids is 1. The molecule has 3 aromatic rings. The van der Waals surface area contributed by atoms with Crippen LogP contribution in [0.3, 0.4) is 0 Å². The SMILES string of the molecule is C[C@@H](NP(=O)(OC[C@H]1O[C@@H](n2cnc3c(NO)nc(N)nc32)[C@H](O)[C@@H]1O)Oc1ccccc1)C(=O)O. The van der Waals surface area contributed by atoms with Crippen LogP contribution in [0.5, 0.6) is 5.75 Å². The molecule has 1 aliphatic heterocycles. The number of aliphatic hydroxyl groups excluding tert-OH is 2. The molecule has 16 nitrogen and oxygen atoms in total. The zero-order chi connectivity index (χ0) is 26.0. The van der Waals surface area contributed by atoms with Crippen molar-refractivity contribution >= 4 is 36.6 Å². The standard InChI is InChI=1S/C19H24N7O9P/c1-9(18(29)30)25-36(32,35-10-5-3-2-4-6-10)33-7-11-13(27)14(28)17(34-11)26-8-21-12-15(24-31)22-19(20)23-16(12)26/h2-6,8-9,11,13-14,17,27-28,31H,7H2,1H3,(H,25,32)(H,29,30)(H3,20,22,23,24)/t9-,11-,13-,14-,17-,36?/m1/s1. The van der Waals surface area contributed by atoms with Crippen LogP contribution < -0.4 is 20.8 Å². The van der Waals surface area contributed by atoms with E-state index in [1.807, 2.05) is 5.48 Å². The van der Waals surface area contributed by atoms with E-state index in [0.29, 0.717) is 0 Å². The fourth-order valence-corrected chi connectivity index (χ4v) is 4.98. The van der Waals surface area contributed by atoms with Gasteiger partial charge in [-0.15, -0.1) is 0 Å². The number of nitrogen functional groups attached to an aromatic ring is 1. The number of aliphatic hydroxyl groups is 2. The first-order chi connectivity index (χ1) is 17.1. The van der Waals surface area contributed by atoms with Gasteiger partial charge in [-0.3, -0.25) is 24.6 Å². The summed E-state index contributed by atoms with van der Waals surface area (Å²) in [6.07, 6.45) is -4.21. The highest BCUT2D eigenvalue weighted by molar-refractivity contribution is 7.52. The lowest BCUT2D eigenvalue weighted by atomic mass is 10.1. The van der Waals surface area contributed by atoms with Gasteiger partial charge < -0.3 is 30.3 Å². The summed E-state index contributed by atoms with van der Waals surface area (Å²) in [5.41, 5.74) is 7.71. The molecule has 4 rings (SSSR count). The molecule has 1 aromatic carbocycles. The van der Waals surface area contributed by atoms with Crippen molar-refractivity contribution in [2.45, 2.75) is 37.5 Å². The van der Waals surface area contributed by atoms with E-state index in [0.717, 1.165) is 0 Å². The van der Waals surface area contributed by atoms with Crippen molar-refractivity contribution in [2.24, 2.45) is 0 Å². The van der Waals surface area contributed by atoms with Gasteiger partial charge in [0.2, 0.25) is 5.95 Å². The van der Waals surface area contributed by atoms with Gasteiger partial charge in [-0.05, 0) is 19.1 Å². The second kappa shape index (κ2) is 10.3. The first-order valence-corrected chi connectivity index (χ1v) is 12.1. The van der Waals surface area contributed by atoms with Crippen LogP contribution in [0.25, 0.3) is 11.2 Å². The number of rotatable bonds is 10. The molecule has 0 spiro atoms. The molecule has 0 saturated carbocycles. The Morgan fingerprint density at radius 2 is 2.00 bits per heavy atom. The lowest BCUT2D eigenvalue weighted by Gasteiger charge is -2.24. The van der Waals surface area contributed by atoms with Crippen molar-refractivity contribution in [1.29, 1.82) is 0 Å². The Balaban J connectivity index is 1.53. The van der Waals surface area contributed by atoms with Crippen molar-refractivity contribution in [3.8, 4) is 5.75 Å². The van der Waals surface area contributed by atoms with E-state index in [4.69, 9.17) is 19.5 Å². The monoisotopic (exact) mass is 525 g/mol. The van der Waals surface area contributed by atoms with E-state index in [1.54, 1.807) is 18.2 Å². The van der Waals surface area contributed by atoms with E-state index >= 15 is 0 Å². The summed E-state index contributed by atoms with van der Waals surface area (Å²) in [5, 5.41) is 42.0. The highest BCUT2D eigenvalue weighted by atomic mass is 31.2. The Kier molecular flexibility index (Phi) is 7.37. The molecule has 6 atom stereocenters. The fourth-order valence-electron chi connectivity index (χ4n) is 3.47. The van der Waals surface area contributed by atoms with E-state index in [1.165, 1.54) is 30.0 Å². The van der Waals surface area contributed by atoms with Gasteiger partial charge in [-0.2, -0.15) is 15.1 Å². The minimum atomic E-state index is -4.28. The summed E-state index contributed by atoms with van der Waals surface area (Å²) in [5.74, 6) is -1.44. The number of anilines is 2. The van der Waals surface area contributed by atoms with Gasteiger partial charge in [0.15, 0.2) is 23.2 Å². The van der Waals surface area contributed by atoms with E-state index in [2.05, 4.69) is 20.0 Å². The van der Waals surface area contributed by atoms with E-state index in [9.17, 15) is 29.9 Å². The van der Waals surface area contributed by atoms with Gasteiger partial charge in [-0.1, -0.05) is 18.2 Å². The fraction of sp³-hybridized carbons (Fsp3) is 0.368. The van der Waals surface area contributed by atoms with Gasteiger partial charge in [0.25, 0.3) is 0 Å². The summed E-state index contributed by atoms with van der Waals surface area (Å²) in [7, 11) is -4.28. The number of carboxylic acids is 1. The van der Waals surface area contributed by atoms with Crippen LogP contribution in [0.15, 0.2) is 36.7 Å². The van der Waals surface area contributed by atoms with Crippen molar-refractivity contribution < 1.29 is 43.7 Å². The smallest absolute Gasteiger partial charge is 0.459 e. The lowest BCUT2D eigenvalue weighted by molar-refractivity contribution is -0.138. The summed E-state index contributed by atoms with van der Waals surface area (Å²) in [4.78, 5) is 23.2. The van der Waals surface area contributed by atoms with Gasteiger partial charge in [0.05, 0.1) is 12.9 Å². The zero-order valence-electron chi connectivity index (χ0n) is 18.7. The Morgan fingerprint density at radius 1 is 1.28 bits per heavy atom. The second-order valence-electron chi connectivity index (χ2n) is 7.80. The average molecular weight is 525 g/mol. The third-order valence-electron chi connectivity index (χ3n) is 5.26. The molecule has 0 aliphatic carbocycles. The van der Waals surface area contributed by atoms with Crippen LogP contribution >= 0.6 is 7.75 Å². The molecule has 194 valence electrons. The van der Waals surface area contributed by atoms with Gasteiger partial charge in [-0.25, -0.2) is 9.55 Å². The first kappa shape index (κ1) is 25.7. The number of hydrogen-bond donors (Lipinski definition) is 7. The van der Waals surface area contributed by atoms with Gasteiger partial charge in [0, 0.05) is 0 Å². The summed E-state index contributed by atoms with van der Waals surface area (Å²) in [6, 6.07) is 6.63. The number of fused-ring (bicyclic) bond motifs is 1. The Bertz CT molecular complexity index is 1280. The minimum Gasteiger partial charge on any atom is -0.480 e. The van der Waals surface area contributed by atoms with Crippen LogP contribution in [0.4, 0.5) is 11.8 Å². The number of para-hydroxylation sites is 1. The number of aromatic nitrogens is 4. The Morgan fingerprint density at radius 3 is 2.67 bits per heavy atom. The molecular weight excluding hydrogens is 501 g/mol. The minimum absolute atomic E-state index is 0.0817. The molecule has 0 amide bonds. The highest BCUT2D eigenvalue weighted by Gasteiger charge is 2.46. The third kappa shape index (κ3) is 5.24. The van der Waals surface area contributed by atoms with E-state index in [-0.39, 0.29) is 28.7 Å². The molecule has 8 N–H and O–H groups in total. The number of carbonyl (C=O) groups is 1. The maximum Gasteiger partial charge on any atom is 0.459 e. The van der Waals surface area contributed by atoms with Gasteiger partial charge >= 0.3 is 13.7 Å². The maximum absolute atomic E-state index is 13.3. The predicted molar refractivity (Wildman–Crippen MR) is 122 cm³/mol. The normalized spacial score (nSPS) is 24.3. The topological polar surface area (TPSA) is 236 Å². The number of nitrogens with one attached hydrogen (secondary N) is 2. The Hall–Kier alpha value is -3.37. The first-order valence-electron chi connectivity index (χ1n) is 10.5.